The molecule has 0 spiro atoms. The standard InChI is InChI=1S/C15H12F3N3O2S2/c1-7-6-19-14(24-7)21-12(22)5-11-13(23)20-9-4-8(15(16,17)18)2-3-10(9)25-11/h2-4,6,11H,5H2,1H3,(H,20,23)(H,19,21,22). The molecule has 1 aliphatic heterocycles. The van der Waals surface area contributed by atoms with Gasteiger partial charge in [0.05, 0.1) is 16.5 Å². The maximum atomic E-state index is 12.7. The first-order valence-corrected chi connectivity index (χ1v) is 8.83. The molecule has 0 bridgehead atoms. The molecule has 0 aliphatic carbocycles. The molecule has 1 aliphatic rings. The number of thioether (sulfide) groups is 1. The zero-order valence-corrected chi connectivity index (χ0v) is 14.4. The minimum absolute atomic E-state index is 0.102. The molecule has 0 fully saturated rings. The quantitative estimate of drug-likeness (QED) is 0.838. The fourth-order valence-corrected chi connectivity index (χ4v) is 3.98. The van der Waals surface area contributed by atoms with E-state index in [9.17, 15) is 22.8 Å². The molecule has 3 rings (SSSR count). The summed E-state index contributed by atoms with van der Waals surface area (Å²) in [5, 5.41) is 4.78. The highest BCUT2D eigenvalue weighted by atomic mass is 32.2. The number of nitrogens with one attached hydrogen (secondary N) is 2. The van der Waals surface area contributed by atoms with Crippen molar-refractivity contribution >= 4 is 45.7 Å². The molecule has 0 saturated carbocycles. The summed E-state index contributed by atoms with van der Waals surface area (Å²) < 4.78 is 38.2. The molecule has 5 nitrogen and oxygen atoms in total. The lowest BCUT2D eigenvalue weighted by Crippen LogP contribution is -2.32. The van der Waals surface area contributed by atoms with Crippen LogP contribution in [0.4, 0.5) is 24.0 Å². The van der Waals surface area contributed by atoms with E-state index in [2.05, 4.69) is 15.6 Å². The normalized spacial score (nSPS) is 17.0. The van der Waals surface area contributed by atoms with E-state index in [0.29, 0.717) is 10.0 Å². The maximum absolute atomic E-state index is 12.7. The molecule has 1 unspecified atom stereocenters. The third-order valence-electron chi connectivity index (χ3n) is 3.36. The predicted molar refractivity (Wildman–Crippen MR) is 89.8 cm³/mol. The maximum Gasteiger partial charge on any atom is 0.416 e. The third kappa shape index (κ3) is 4.13. The molecular formula is C15H12F3N3O2S2. The van der Waals surface area contributed by atoms with Gasteiger partial charge in [0.25, 0.3) is 0 Å². The van der Waals surface area contributed by atoms with E-state index in [1.54, 1.807) is 6.20 Å². The lowest BCUT2D eigenvalue weighted by atomic mass is 10.1. The number of carbonyl (C=O) groups excluding carboxylic acids is 2. The number of hydrogen-bond acceptors (Lipinski definition) is 5. The molecule has 2 amide bonds. The molecule has 2 N–H and O–H groups in total. The number of anilines is 2. The van der Waals surface area contributed by atoms with Gasteiger partial charge in [0, 0.05) is 22.4 Å². The van der Waals surface area contributed by atoms with Crippen molar-refractivity contribution in [1.29, 1.82) is 0 Å². The Morgan fingerprint density at radius 1 is 1.40 bits per heavy atom. The van der Waals surface area contributed by atoms with Crippen LogP contribution in [0.15, 0.2) is 29.3 Å². The van der Waals surface area contributed by atoms with Crippen molar-refractivity contribution in [2.75, 3.05) is 10.6 Å². The number of hydrogen-bond donors (Lipinski definition) is 2. The SMILES string of the molecule is Cc1cnc(NC(=O)CC2Sc3ccc(C(F)(F)F)cc3NC2=O)s1. The smallest absolute Gasteiger partial charge is 0.324 e. The summed E-state index contributed by atoms with van der Waals surface area (Å²) in [5.74, 6) is -0.875. The first kappa shape index (κ1) is 17.7. The Morgan fingerprint density at radius 2 is 2.16 bits per heavy atom. The molecule has 132 valence electrons. The molecule has 2 aromatic rings. The van der Waals surface area contributed by atoms with Gasteiger partial charge < -0.3 is 10.6 Å². The second-order valence-electron chi connectivity index (χ2n) is 5.33. The lowest BCUT2D eigenvalue weighted by Gasteiger charge is -2.24. The van der Waals surface area contributed by atoms with E-state index in [1.165, 1.54) is 17.4 Å². The Kier molecular flexibility index (Phi) is 4.74. The van der Waals surface area contributed by atoms with Crippen LogP contribution < -0.4 is 10.6 Å². The van der Waals surface area contributed by atoms with Crippen molar-refractivity contribution in [3.8, 4) is 0 Å². The summed E-state index contributed by atoms with van der Waals surface area (Å²) in [4.78, 5) is 29.6. The van der Waals surface area contributed by atoms with E-state index in [-0.39, 0.29) is 18.0 Å². The van der Waals surface area contributed by atoms with Crippen molar-refractivity contribution in [2.45, 2.75) is 29.7 Å². The van der Waals surface area contributed by atoms with E-state index < -0.39 is 22.9 Å². The number of nitrogens with zero attached hydrogens (tertiary/aromatic N) is 1. The summed E-state index contributed by atoms with van der Waals surface area (Å²) in [6.07, 6.45) is -2.96. The number of carbonyl (C=O) groups is 2. The second kappa shape index (κ2) is 6.68. The van der Waals surface area contributed by atoms with E-state index >= 15 is 0 Å². The molecule has 2 heterocycles. The summed E-state index contributed by atoms with van der Waals surface area (Å²) >= 11 is 2.39. The number of amides is 2. The van der Waals surface area contributed by atoms with Crippen LogP contribution >= 0.6 is 23.1 Å². The second-order valence-corrected chi connectivity index (χ2v) is 7.81. The average molecular weight is 387 g/mol. The Bertz CT molecular complexity index is 836. The number of aryl methyl sites for hydroxylation is 1. The van der Waals surface area contributed by atoms with Gasteiger partial charge in [-0.15, -0.1) is 23.1 Å². The van der Waals surface area contributed by atoms with Crippen molar-refractivity contribution in [3.63, 3.8) is 0 Å². The highest BCUT2D eigenvalue weighted by Crippen LogP contribution is 2.40. The Hall–Kier alpha value is -2.07. The summed E-state index contributed by atoms with van der Waals surface area (Å²) in [6.45, 7) is 1.85. The van der Waals surface area contributed by atoms with Gasteiger partial charge in [-0.3, -0.25) is 9.59 Å². The van der Waals surface area contributed by atoms with Crippen molar-refractivity contribution in [2.24, 2.45) is 0 Å². The fraction of sp³-hybridized carbons (Fsp3) is 0.267. The summed E-state index contributed by atoms with van der Waals surface area (Å²) in [7, 11) is 0. The van der Waals surface area contributed by atoms with Gasteiger partial charge in [0.1, 0.15) is 0 Å². The monoisotopic (exact) mass is 387 g/mol. The van der Waals surface area contributed by atoms with Crippen LogP contribution in [-0.4, -0.2) is 22.0 Å². The topological polar surface area (TPSA) is 71.1 Å². The third-order valence-corrected chi connectivity index (χ3v) is 5.47. The fourth-order valence-electron chi connectivity index (χ4n) is 2.21. The first-order chi connectivity index (χ1) is 11.7. The number of thiazole rings is 1. The number of alkyl halides is 3. The summed E-state index contributed by atoms with van der Waals surface area (Å²) in [6, 6.07) is 3.16. The molecule has 10 heteroatoms. The number of fused-ring (bicyclic) bond motifs is 1. The van der Waals surface area contributed by atoms with Crippen molar-refractivity contribution in [3.05, 3.63) is 34.8 Å². The molecule has 0 radical (unpaired) electrons. The van der Waals surface area contributed by atoms with Crippen LogP contribution in [-0.2, 0) is 15.8 Å². The minimum Gasteiger partial charge on any atom is -0.324 e. The van der Waals surface area contributed by atoms with Gasteiger partial charge in [-0.1, -0.05) is 0 Å². The Morgan fingerprint density at radius 3 is 2.80 bits per heavy atom. The molecular weight excluding hydrogens is 375 g/mol. The van der Waals surface area contributed by atoms with Crippen LogP contribution in [0.2, 0.25) is 0 Å². The number of rotatable bonds is 3. The molecule has 0 saturated heterocycles. The molecule has 1 aromatic heterocycles. The number of aromatic nitrogens is 1. The highest BCUT2D eigenvalue weighted by Gasteiger charge is 2.34. The largest absolute Gasteiger partial charge is 0.416 e. The van der Waals surface area contributed by atoms with Crippen LogP contribution in [0, 0.1) is 6.92 Å². The zero-order valence-electron chi connectivity index (χ0n) is 12.8. The number of halogens is 3. The van der Waals surface area contributed by atoms with Crippen molar-refractivity contribution < 1.29 is 22.8 Å². The van der Waals surface area contributed by atoms with Crippen LogP contribution in [0.1, 0.15) is 16.9 Å². The zero-order chi connectivity index (χ0) is 18.2. The lowest BCUT2D eigenvalue weighted by molar-refractivity contribution is -0.137. The van der Waals surface area contributed by atoms with Crippen LogP contribution in [0.25, 0.3) is 0 Å². The van der Waals surface area contributed by atoms with Gasteiger partial charge in [0.2, 0.25) is 11.8 Å². The van der Waals surface area contributed by atoms with Gasteiger partial charge in [-0.25, -0.2) is 4.98 Å². The highest BCUT2D eigenvalue weighted by molar-refractivity contribution is 8.01. The van der Waals surface area contributed by atoms with E-state index in [0.717, 1.165) is 28.8 Å². The predicted octanol–water partition coefficient (Wildman–Crippen LogP) is 3.91. The van der Waals surface area contributed by atoms with Crippen LogP contribution in [0.3, 0.4) is 0 Å². The van der Waals surface area contributed by atoms with E-state index in [4.69, 9.17) is 0 Å². The molecule has 1 atom stereocenters. The average Bonchev–Trinajstić information content (AvgIpc) is 2.91. The number of benzene rings is 1. The Balaban J connectivity index is 1.69. The van der Waals surface area contributed by atoms with Crippen LogP contribution in [0.5, 0.6) is 0 Å². The first-order valence-electron chi connectivity index (χ1n) is 7.13. The van der Waals surface area contributed by atoms with Gasteiger partial charge in [-0.05, 0) is 25.1 Å². The molecule has 25 heavy (non-hydrogen) atoms. The summed E-state index contributed by atoms with van der Waals surface area (Å²) in [5.41, 5.74) is -0.723. The Labute approximate surface area is 149 Å². The van der Waals surface area contributed by atoms with Gasteiger partial charge in [-0.2, -0.15) is 13.2 Å². The van der Waals surface area contributed by atoms with Crippen molar-refractivity contribution in [1.82, 2.24) is 4.98 Å². The minimum atomic E-state index is -4.48. The van der Waals surface area contributed by atoms with E-state index in [1.807, 2.05) is 6.92 Å². The van der Waals surface area contributed by atoms with Gasteiger partial charge in [0.15, 0.2) is 5.13 Å². The molecule has 1 aromatic carbocycles. The van der Waals surface area contributed by atoms with Gasteiger partial charge >= 0.3 is 6.18 Å².